The van der Waals surface area contributed by atoms with Gasteiger partial charge < -0.3 is 49.7 Å². The number of nitrogens with one attached hydrogen (secondary N) is 2. The number of esters is 1. The molecule has 14 nitrogen and oxygen atoms in total. The normalized spacial score (nSPS) is 11.0. The summed E-state index contributed by atoms with van der Waals surface area (Å²) in [6.45, 7) is 3.11. The Balaban J connectivity index is 0. The van der Waals surface area contributed by atoms with Crippen LogP contribution < -0.4 is 39.0 Å². The summed E-state index contributed by atoms with van der Waals surface area (Å²) in [4.78, 5) is 29.1. The Morgan fingerprint density at radius 2 is 1.22 bits per heavy atom. The van der Waals surface area contributed by atoms with Gasteiger partial charge >= 0.3 is 30.8 Å². The van der Waals surface area contributed by atoms with Gasteiger partial charge in [-0.05, 0) is 38.1 Å². The van der Waals surface area contributed by atoms with Gasteiger partial charge in [-0.15, -0.1) is 0 Å². The van der Waals surface area contributed by atoms with Crippen molar-refractivity contribution in [1.82, 2.24) is 9.97 Å². The van der Waals surface area contributed by atoms with Gasteiger partial charge in [0.15, 0.2) is 12.2 Å². The van der Waals surface area contributed by atoms with Gasteiger partial charge in [0.2, 0.25) is 23.7 Å². The number of rotatable bonds is 12. The first-order chi connectivity index (χ1) is 21.3. The second kappa shape index (κ2) is 22.3. The molecule has 6 N–H and O–H groups in total. The Labute approximate surface area is 311 Å². The van der Waals surface area contributed by atoms with E-state index < -0.39 is 36.0 Å². The third kappa shape index (κ3) is 13.1. The Kier molecular flexibility index (Phi) is 21.7. The van der Waals surface area contributed by atoms with Crippen LogP contribution in [0.5, 0.6) is 11.8 Å². The van der Waals surface area contributed by atoms with Gasteiger partial charge in [0.25, 0.3) is 0 Å². The molecule has 0 aliphatic heterocycles. The summed E-state index contributed by atoms with van der Waals surface area (Å²) in [5.74, 6) is -3.35. The van der Waals surface area contributed by atoms with Crippen LogP contribution >= 0.6 is 46.4 Å². The van der Waals surface area contributed by atoms with E-state index in [0.717, 1.165) is 0 Å². The van der Waals surface area contributed by atoms with Gasteiger partial charge in [-0.2, -0.15) is 18.7 Å². The SMILES string of the molecule is C.CC(Oc1nc(F)c(Cl)c(NCc2ccco2)c1Cl)C(=O)O.COC(=O)C(C)Oc1nc(F)c(Cl)c(NCc2ccco2)c1Cl.O.[Li+].[OH-]. The number of aromatic nitrogens is 2. The third-order valence-electron chi connectivity index (χ3n) is 5.51. The molecule has 21 heteroatoms. The van der Waals surface area contributed by atoms with Crippen LogP contribution in [0.15, 0.2) is 45.6 Å². The fourth-order valence-electron chi connectivity index (χ4n) is 3.23. The number of pyridine rings is 2. The van der Waals surface area contributed by atoms with Crippen molar-refractivity contribution >= 4 is 69.7 Å². The molecule has 2 unspecified atom stereocenters. The maximum Gasteiger partial charge on any atom is 1.00 e. The van der Waals surface area contributed by atoms with E-state index in [-0.39, 0.29) is 93.6 Å². The summed E-state index contributed by atoms with van der Waals surface area (Å²) in [5.41, 5.74) is 0.129. The number of aliphatic carboxylic acids is 1. The van der Waals surface area contributed by atoms with Crippen molar-refractivity contribution in [3.05, 3.63) is 80.3 Å². The van der Waals surface area contributed by atoms with E-state index in [1.54, 1.807) is 24.3 Å². The summed E-state index contributed by atoms with van der Waals surface area (Å²) in [6, 6.07) is 6.83. The molecule has 0 bridgehead atoms. The molecule has 266 valence electrons. The molecule has 4 aromatic heterocycles. The Hall–Kier alpha value is -3.46. The van der Waals surface area contributed by atoms with Gasteiger partial charge in [0.1, 0.15) is 31.6 Å². The van der Waals surface area contributed by atoms with Crippen molar-refractivity contribution in [2.24, 2.45) is 0 Å². The minimum absolute atomic E-state index is 0. The average molecular weight is 770 g/mol. The second-order valence-corrected chi connectivity index (χ2v) is 10.2. The number of carbonyl (C=O) groups is 2. The van der Waals surface area contributed by atoms with E-state index in [2.05, 4.69) is 25.3 Å². The van der Waals surface area contributed by atoms with Crippen LogP contribution in [0.25, 0.3) is 0 Å². The number of nitrogens with zero attached hydrogens (tertiary/aromatic N) is 2. The fourth-order valence-corrected chi connectivity index (χ4v) is 4.23. The summed E-state index contributed by atoms with van der Waals surface area (Å²) in [6.07, 6.45) is 0.725. The Morgan fingerprint density at radius 1 is 0.837 bits per heavy atom. The molecule has 0 radical (unpaired) electrons. The first-order valence-electron chi connectivity index (χ1n) is 12.6. The molecule has 0 fully saturated rings. The molecular weight excluding hydrogens is 739 g/mol. The number of anilines is 2. The second-order valence-electron chi connectivity index (χ2n) is 8.67. The predicted molar refractivity (Wildman–Crippen MR) is 173 cm³/mol. The molecule has 0 spiro atoms. The number of carbonyl (C=O) groups excluding carboxylic acids is 1. The van der Waals surface area contributed by atoms with Crippen LogP contribution in [0, 0.1) is 11.9 Å². The van der Waals surface area contributed by atoms with Gasteiger partial charge in [0, 0.05) is 0 Å². The first-order valence-corrected chi connectivity index (χ1v) is 14.1. The standard InChI is InChI=1S/C14H13Cl2FN2O4.C13H11Cl2FN2O4.CH4.Li.2H2O/c1-7(14(20)21-2)23-13-10(16)11(9(15)12(17)19-13)18-6-8-4-3-5-22-8;1-6(13(19)20)22-12-9(15)10(8(14)11(16)18-12)17-5-7-3-2-4-21-7;;;;/h3-5,7H,6H2,1-2H3,(H,18,19);2-4,6H,5H2,1H3,(H,17,18)(H,19,20);1H4;;2*1H2/q;;;+1;;/p-1. The van der Waals surface area contributed by atoms with Crippen molar-refractivity contribution in [2.75, 3.05) is 17.7 Å². The smallest absolute Gasteiger partial charge is 0.870 e. The number of carboxylic acid groups (broad SMARTS) is 1. The molecule has 49 heavy (non-hydrogen) atoms. The summed E-state index contributed by atoms with van der Waals surface area (Å²) < 4.78 is 52.7. The van der Waals surface area contributed by atoms with Crippen molar-refractivity contribution in [3.8, 4) is 11.8 Å². The summed E-state index contributed by atoms with van der Waals surface area (Å²) >= 11 is 23.9. The summed E-state index contributed by atoms with van der Waals surface area (Å²) in [7, 11) is 1.20. The van der Waals surface area contributed by atoms with Crippen molar-refractivity contribution in [3.63, 3.8) is 0 Å². The molecule has 2 atom stereocenters. The number of hydrogen-bond acceptors (Lipinski definition) is 12. The van der Waals surface area contributed by atoms with Crippen LogP contribution in [0.3, 0.4) is 0 Å². The van der Waals surface area contributed by atoms with E-state index in [1.165, 1.54) is 33.5 Å². The minimum Gasteiger partial charge on any atom is -0.870 e. The van der Waals surface area contributed by atoms with Crippen molar-refractivity contribution < 1.29 is 76.3 Å². The number of methoxy groups -OCH3 is 1. The van der Waals surface area contributed by atoms with Crippen molar-refractivity contribution in [2.45, 2.75) is 46.6 Å². The Bertz CT molecular complexity index is 1620. The van der Waals surface area contributed by atoms with Gasteiger partial charge in [-0.1, -0.05) is 53.8 Å². The molecule has 4 aromatic rings. The average Bonchev–Trinajstić information content (AvgIpc) is 3.73. The molecule has 0 amide bonds. The number of furan rings is 2. The zero-order chi connectivity index (χ0) is 33.3. The molecule has 0 aromatic carbocycles. The van der Waals surface area contributed by atoms with Gasteiger partial charge in [-0.25, -0.2) is 9.59 Å². The largest absolute Gasteiger partial charge is 1.00 e. The number of carboxylic acids is 1. The van der Waals surface area contributed by atoms with Crippen LogP contribution in [0.4, 0.5) is 20.2 Å². The first kappa shape index (κ1) is 47.7. The van der Waals surface area contributed by atoms with Crippen LogP contribution in [-0.2, 0) is 27.4 Å². The quantitative estimate of drug-likeness (QED) is 0.106. The Morgan fingerprint density at radius 3 is 1.55 bits per heavy atom. The van der Waals surface area contributed by atoms with E-state index in [0.29, 0.717) is 11.5 Å². The van der Waals surface area contributed by atoms with Crippen LogP contribution in [0.1, 0.15) is 32.8 Å². The third-order valence-corrected chi connectivity index (χ3v) is 6.90. The van der Waals surface area contributed by atoms with Crippen LogP contribution in [0.2, 0.25) is 20.1 Å². The summed E-state index contributed by atoms with van der Waals surface area (Å²) in [5, 5.41) is 13.7. The van der Waals surface area contributed by atoms with E-state index in [1.807, 2.05) is 0 Å². The molecule has 4 rings (SSSR count). The molecule has 0 aliphatic rings. The van der Waals surface area contributed by atoms with Gasteiger partial charge in [0.05, 0.1) is 44.1 Å². The molecule has 0 saturated carbocycles. The number of ether oxygens (including phenoxy) is 3. The van der Waals surface area contributed by atoms with E-state index >= 15 is 0 Å². The molecule has 0 aliphatic carbocycles. The predicted octanol–water partition coefficient (Wildman–Crippen LogP) is 3.90. The fraction of sp³-hybridized carbons (Fsp3) is 0.286. The molecule has 0 saturated heterocycles. The zero-order valence-electron chi connectivity index (χ0n) is 25.4. The zero-order valence-corrected chi connectivity index (χ0v) is 28.5. The molecule has 4 heterocycles. The van der Waals surface area contributed by atoms with Crippen LogP contribution in [-0.4, -0.2) is 57.3 Å². The maximum absolute atomic E-state index is 13.9. The molecular formula is C28H31Cl4F2LiN4O10. The van der Waals surface area contributed by atoms with Crippen molar-refractivity contribution in [1.29, 1.82) is 0 Å². The van der Waals surface area contributed by atoms with E-state index in [4.69, 9.17) is 69.8 Å². The number of halogens is 6. The maximum atomic E-state index is 13.9. The number of hydrogen-bond donors (Lipinski definition) is 3. The topological polar surface area (TPSA) is 220 Å². The monoisotopic (exact) mass is 768 g/mol. The minimum atomic E-state index is -1.25. The van der Waals surface area contributed by atoms with Gasteiger partial charge in [-0.3, -0.25) is 0 Å². The van der Waals surface area contributed by atoms with E-state index in [9.17, 15) is 18.4 Å².